The van der Waals surface area contributed by atoms with Gasteiger partial charge in [-0.1, -0.05) is 13.8 Å². The molecule has 3 rings (SSSR count). The molecule has 0 aromatic carbocycles. The molecular formula is C17H22N5S+. The summed E-state index contributed by atoms with van der Waals surface area (Å²) in [6.45, 7) is 8.01. The van der Waals surface area contributed by atoms with Crippen molar-refractivity contribution in [2.45, 2.75) is 27.7 Å². The molecule has 5 nitrogen and oxygen atoms in total. The normalized spacial score (nSPS) is 9.96. The second-order valence-corrected chi connectivity index (χ2v) is 6.00. The van der Waals surface area contributed by atoms with Crippen molar-refractivity contribution >= 4 is 23.0 Å². The van der Waals surface area contributed by atoms with Crippen molar-refractivity contribution in [3.63, 3.8) is 0 Å². The molecule has 0 aliphatic heterocycles. The Balaban J connectivity index is 0.000000924. The Morgan fingerprint density at radius 1 is 1.13 bits per heavy atom. The molecule has 3 heterocycles. The van der Waals surface area contributed by atoms with Crippen molar-refractivity contribution in [2.24, 2.45) is 7.05 Å². The second kappa shape index (κ2) is 7.78. The molecule has 0 aliphatic carbocycles. The molecule has 6 heteroatoms. The van der Waals surface area contributed by atoms with Gasteiger partial charge in [0.05, 0.1) is 21.3 Å². The van der Waals surface area contributed by atoms with Crippen LogP contribution in [0, 0.1) is 13.8 Å². The Morgan fingerprint density at radius 2 is 1.91 bits per heavy atom. The first-order valence-electron chi connectivity index (χ1n) is 7.61. The fourth-order valence-corrected chi connectivity index (χ4v) is 2.99. The number of hydrogen-bond donors (Lipinski definition) is 1. The average Bonchev–Trinajstić information content (AvgIpc) is 2.88. The van der Waals surface area contributed by atoms with Crippen molar-refractivity contribution in [1.82, 2.24) is 15.0 Å². The minimum absolute atomic E-state index is 0.587. The Kier molecular flexibility index (Phi) is 5.76. The summed E-state index contributed by atoms with van der Waals surface area (Å²) in [5.41, 5.74) is 2.86. The van der Waals surface area contributed by atoms with E-state index in [9.17, 15) is 0 Å². The van der Waals surface area contributed by atoms with Gasteiger partial charge in [-0.15, -0.1) is 11.3 Å². The van der Waals surface area contributed by atoms with Gasteiger partial charge in [0.2, 0.25) is 5.95 Å². The maximum absolute atomic E-state index is 4.58. The van der Waals surface area contributed by atoms with Gasteiger partial charge in [0.1, 0.15) is 12.7 Å². The zero-order valence-corrected chi connectivity index (χ0v) is 15.0. The molecule has 0 bridgehead atoms. The molecule has 0 amide bonds. The van der Waals surface area contributed by atoms with Crippen LogP contribution >= 0.6 is 11.3 Å². The molecule has 0 spiro atoms. The molecule has 1 N–H and O–H groups in total. The number of anilines is 2. The Bertz CT molecular complexity index is 782. The fraction of sp³-hybridized carbons (Fsp3) is 0.294. The van der Waals surface area contributed by atoms with E-state index >= 15 is 0 Å². The maximum atomic E-state index is 4.58. The fourth-order valence-electron chi connectivity index (χ4n) is 2.11. The molecule has 0 saturated carbocycles. The van der Waals surface area contributed by atoms with Gasteiger partial charge in [0.25, 0.3) is 0 Å². The van der Waals surface area contributed by atoms with Gasteiger partial charge in [0.15, 0.2) is 12.4 Å². The van der Waals surface area contributed by atoms with Gasteiger partial charge < -0.3 is 5.32 Å². The molecule has 0 saturated heterocycles. The van der Waals surface area contributed by atoms with Gasteiger partial charge >= 0.3 is 0 Å². The van der Waals surface area contributed by atoms with Crippen molar-refractivity contribution < 1.29 is 4.57 Å². The predicted octanol–water partition coefficient (Wildman–Crippen LogP) is 3.81. The molecule has 0 radical (unpaired) electrons. The third kappa shape index (κ3) is 4.32. The minimum Gasteiger partial charge on any atom is -0.319 e. The second-order valence-electron chi connectivity index (χ2n) is 4.80. The topological polar surface area (TPSA) is 54.6 Å². The van der Waals surface area contributed by atoms with E-state index in [0.717, 1.165) is 27.0 Å². The van der Waals surface area contributed by atoms with Crippen LogP contribution in [0.1, 0.15) is 24.5 Å². The van der Waals surface area contributed by atoms with Crippen LogP contribution < -0.4 is 9.88 Å². The molecular weight excluding hydrogens is 306 g/mol. The van der Waals surface area contributed by atoms with Crippen molar-refractivity contribution in [2.75, 3.05) is 5.32 Å². The van der Waals surface area contributed by atoms with Gasteiger partial charge in [-0.25, -0.2) is 19.5 Å². The third-order valence-corrected chi connectivity index (χ3v) is 4.08. The van der Waals surface area contributed by atoms with Crippen LogP contribution in [0.25, 0.3) is 10.6 Å². The van der Waals surface area contributed by atoms with Crippen molar-refractivity contribution in [3.05, 3.63) is 47.5 Å². The van der Waals surface area contributed by atoms with Crippen LogP contribution in [0.5, 0.6) is 0 Å². The minimum atomic E-state index is 0.587. The van der Waals surface area contributed by atoms with E-state index in [-0.39, 0.29) is 0 Å². The molecule has 0 fully saturated rings. The highest BCUT2D eigenvalue weighted by molar-refractivity contribution is 7.15. The largest absolute Gasteiger partial charge is 0.319 e. The van der Waals surface area contributed by atoms with Gasteiger partial charge in [-0.05, 0) is 26.0 Å². The molecule has 0 aliphatic rings. The van der Waals surface area contributed by atoms with Crippen LogP contribution in [0.2, 0.25) is 0 Å². The average molecular weight is 328 g/mol. The van der Waals surface area contributed by atoms with E-state index in [4.69, 9.17) is 0 Å². The van der Waals surface area contributed by atoms with Crippen LogP contribution in [0.3, 0.4) is 0 Å². The third-order valence-electron chi connectivity index (χ3n) is 2.99. The van der Waals surface area contributed by atoms with Crippen LogP contribution in [-0.2, 0) is 7.05 Å². The van der Waals surface area contributed by atoms with E-state index in [1.54, 1.807) is 17.5 Å². The van der Waals surface area contributed by atoms with Gasteiger partial charge in [0, 0.05) is 12.3 Å². The highest BCUT2D eigenvalue weighted by Crippen LogP contribution is 2.28. The SMILES string of the molecule is CC.Cc1nc(C)c(-c2ccnc(Nc3ccc[n+](C)c3)n2)s1. The quantitative estimate of drug-likeness (QED) is 0.743. The van der Waals surface area contributed by atoms with Crippen LogP contribution in [0.15, 0.2) is 36.8 Å². The summed E-state index contributed by atoms with van der Waals surface area (Å²) in [5, 5.41) is 4.27. The molecule has 0 atom stereocenters. The summed E-state index contributed by atoms with van der Waals surface area (Å²) < 4.78 is 1.98. The number of hydrogen-bond acceptors (Lipinski definition) is 5. The monoisotopic (exact) mass is 328 g/mol. The van der Waals surface area contributed by atoms with E-state index in [1.165, 1.54) is 0 Å². The van der Waals surface area contributed by atoms with Crippen LogP contribution in [-0.4, -0.2) is 15.0 Å². The summed E-state index contributed by atoms with van der Waals surface area (Å²) >= 11 is 1.65. The highest BCUT2D eigenvalue weighted by Gasteiger charge is 2.10. The van der Waals surface area contributed by atoms with Crippen molar-refractivity contribution in [1.29, 1.82) is 0 Å². The first-order valence-corrected chi connectivity index (χ1v) is 8.43. The zero-order valence-electron chi connectivity index (χ0n) is 14.2. The first-order chi connectivity index (χ1) is 11.1. The Hall–Kier alpha value is -2.34. The Labute approximate surface area is 141 Å². The van der Waals surface area contributed by atoms with E-state index in [0.29, 0.717) is 5.95 Å². The summed E-state index contributed by atoms with van der Waals surface area (Å²) in [7, 11) is 1.98. The van der Waals surface area contributed by atoms with E-state index in [1.807, 2.05) is 69.9 Å². The predicted molar refractivity (Wildman–Crippen MR) is 94.9 cm³/mol. The lowest BCUT2D eigenvalue weighted by atomic mass is 10.3. The lowest BCUT2D eigenvalue weighted by molar-refractivity contribution is -0.670. The number of nitrogens with one attached hydrogen (secondary N) is 1. The molecule has 3 aromatic rings. The summed E-state index contributed by atoms with van der Waals surface area (Å²) in [4.78, 5) is 14.4. The lowest BCUT2D eigenvalue weighted by Gasteiger charge is -2.04. The standard InChI is InChI=1S/C15H16N5S.C2H6/c1-10-14(21-11(2)17-10)13-6-7-16-15(19-13)18-12-5-4-8-20(3)9-12;1-2/h4-9H,1-3H3,(H,16,18,19);1-2H3/q+1;. The zero-order chi connectivity index (χ0) is 16.8. The summed E-state index contributed by atoms with van der Waals surface area (Å²) in [5.74, 6) is 0.587. The Morgan fingerprint density at radius 3 is 2.57 bits per heavy atom. The number of rotatable bonds is 3. The van der Waals surface area contributed by atoms with E-state index < -0.39 is 0 Å². The van der Waals surface area contributed by atoms with E-state index in [2.05, 4.69) is 20.3 Å². The molecule has 3 aromatic heterocycles. The molecule has 0 unspecified atom stereocenters. The van der Waals surface area contributed by atoms with Gasteiger partial charge in [-0.3, -0.25) is 0 Å². The summed E-state index contributed by atoms with van der Waals surface area (Å²) in [6, 6.07) is 5.87. The molecule has 23 heavy (non-hydrogen) atoms. The number of nitrogens with zero attached hydrogens (tertiary/aromatic N) is 4. The van der Waals surface area contributed by atoms with Crippen LogP contribution in [0.4, 0.5) is 11.6 Å². The van der Waals surface area contributed by atoms with Gasteiger partial charge in [-0.2, -0.15) is 0 Å². The molecule has 120 valence electrons. The number of aromatic nitrogens is 4. The first kappa shape index (κ1) is 17.0. The maximum Gasteiger partial charge on any atom is 0.227 e. The van der Waals surface area contributed by atoms with Crippen molar-refractivity contribution in [3.8, 4) is 10.6 Å². The summed E-state index contributed by atoms with van der Waals surface area (Å²) in [6.07, 6.45) is 5.73. The lowest BCUT2D eigenvalue weighted by Crippen LogP contribution is -2.26. The highest BCUT2D eigenvalue weighted by atomic mass is 32.1. The number of aryl methyl sites for hydroxylation is 3. The smallest absolute Gasteiger partial charge is 0.227 e. The number of thiazole rings is 1. The number of pyridine rings is 1.